The van der Waals surface area contributed by atoms with Gasteiger partial charge in [-0.3, -0.25) is 4.79 Å². The Balaban J connectivity index is 3.08. The molecule has 0 spiro atoms. The van der Waals surface area contributed by atoms with Gasteiger partial charge >= 0.3 is 5.97 Å². The third-order valence-corrected chi connectivity index (χ3v) is 2.56. The van der Waals surface area contributed by atoms with Gasteiger partial charge in [0.25, 0.3) is 0 Å². The molecule has 0 aliphatic rings. The van der Waals surface area contributed by atoms with Crippen molar-refractivity contribution in [1.29, 1.82) is 0 Å². The second kappa shape index (κ2) is 4.66. The van der Waals surface area contributed by atoms with Crippen LogP contribution in [0.5, 0.6) is 0 Å². The van der Waals surface area contributed by atoms with Gasteiger partial charge in [-0.1, -0.05) is 45.0 Å². The second-order valence-corrected chi connectivity index (χ2v) is 5.04. The molecule has 0 heterocycles. The summed E-state index contributed by atoms with van der Waals surface area (Å²) in [6.07, 6.45) is -0.0346. The smallest absolute Gasteiger partial charge is 0.305 e. The van der Waals surface area contributed by atoms with Crippen LogP contribution in [0.3, 0.4) is 0 Å². The van der Waals surface area contributed by atoms with E-state index >= 15 is 0 Å². The maximum absolute atomic E-state index is 10.7. The van der Waals surface area contributed by atoms with E-state index in [9.17, 15) is 4.79 Å². The van der Waals surface area contributed by atoms with Crippen molar-refractivity contribution in [2.24, 2.45) is 5.73 Å². The highest BCUT2D eigenvalue weighted by Gasteiger charge is 2.21. The number of hydrogen-bond donors (Lipinski definition) is 2. The second-order valence-electron chi connectivity index (χ2n) is 5.04. The largest absolute Gasteiger partial charge is 0.481 e. The summed E-state index contributed by atoms with van der Waals surface area (Å²) >= 11 is 0. The summed E-state index contributed by atoms with van der Waals surface area (Å²) in [7, 11) is 0. The standard InChI is InChI=1S/C13H19NO2/c1-13(2,3)10-7-5-4-6-9(10)11(14)8-12(15)16/h4-7,11H,8,14H2,1-3H3,(H,15,16). The molecule has 88 valence electrons. The number of benzene rings is 1. The SMILES string of the molecule is CC(C)(C)c1ccccc1C(N)CC(=O)O. The molecule has 0 radical (unpaired) electrons. The van der Waals surface area contributed by atoms with Gasteiger partial charge in [-0.2, -0.15) is 0 Å². The van der Waals surface area contributed by atoms with Crippen LogP contribution in [0.25, 0.3) is 0 Å². The maximum atomic E-state index is 10.7. The Morgan fingerprint density at radius 1 is 1.38 bits per heavy atom. The van der Waals surface area contributed by atoms with Gasteiger partial charge in [-0.25, -0.2) is 0 Å². The van der Waals surface area contributed by atoms with Gasteiger partial charge in [0.1, 0.15) is 0 Å². The molecule has 0 bridgehead atoms. The van der Waals surface area contributed by atoms with Gasteiger partial charge in [0.15, 0.2) is 0 Å². The minimum Gasteiger partial charge on any atom is -0.481 e. The van der Waals surface area contributed by atoms with Gasteiger partial charge in [0.05, 0.1) is 6.42 Å². The highest BCUT2D eigenvalue weighted by atomic mass is 16.4. The van der Waals surface area contributed by atoms with Crippen molar-refractivity contribution in [2.75, 3.05) is 0 Å². The van der Waals surface area contributed by atoms with E-state index < -0.39 is 12.0 Å². The molecule has 0 amide bonds. The molecule has 1 aromatic rings. The molecule has 1 aromatic carbocycles. The average molecular weight is 221 g/mol. The fourth-order valence-corrected chi connectivity index (χ4v) is 1.80. The van der Waals surface area contributed by atoms with Crippen molar-refractivity contribution in [3.05, 3.63) is 35.4 Å². The van der Waals surface area contributed by atoms with Crippen LogP contribution in [0.2, 0.25) is 0 Å². The number of rotatable bonds is 3. The van der Waals surface area contributed by atoms with E-state index in [1.807, 2.05) is 24.3 Å². The molecule has 0 aromatic heterocycles. The Labute approximate surface area is 96.3 Å². The normalized spacial score (nSPS) is 13.5. The third-order valence-electron chi connectivity index (χ3n) is 2.56. The summed E-state index contributed by atoms with van der Waals surface area (Å²) in [6.45, 7) is 6.29. The minimum absolute atomic E-state index is 0.0211. The Hall–Kier alpha value is -1.35. The number of hydrogen-bond acceptors (Lipinski definition) is 2. The van der Waals surface area contributed by atoms with Crippen molar-refractivity contribution < 1.29 is 9.90 Å². The van der Waals surface area contributed by atoms with Crippen molar-refractivity contribution in [1.82, 2.24) is 0 Å². The minimum atomic E-state index is -0.865. The molecule has 0 aliphatic carbocycles. The lowest BCUT2D eigenvalue weighted by Gasteiger charge is -2.25. The molecular formula is C13H19NO2. The van der Waals surface area contributed by atoms with Crippen LogP contribution in [-0.2, 0) is 10.2 Å². The zero-order valence-corrected chi connectivity index (χ0v) is 10.0. The van der Waals surface area contributed by atoms with E-state index in [-0.39, 0.29) is 11.8 Å². The predicted molar refractivity (Wildman–Crippen MR) is 64.3 cm³/mol. The van der Waals surface area contributed by atoms with Crippen molar-refractivity contribution >= 4 is 5.97 Å². The van der Waals surface area contributed by atoms with Crippen LogP contribution in [0, 0.1) is 0 Å². The molecule has 3 heteroatoms. The lowest BCUT2D eigenvalue weighted by molar-refractivity contribution is -0.137. The van der Waals surface area contributed by atoms with Gasteiger partial charge in [-0.05, 0) is 16.5 Å². The zero-order valence-electron chi connectivity index (χ0n) is 10.0. The zero-order chi connectivity index (χ0) is 12.3. The Bertz CT molecular complexity index is 380. The highest BCUT2D eigenvalue weighted by molar-refractivity contribution is 5.68. The number of aliphatic carboxylic acids is 1. The molecule has 1 unspecified atom stereocenters. The van der Waals surface area contributed by atoms with Crippen LogP contribution < -0.4 is 5.73 Å². The van der Waals surface area contributed by atoms with E-state index in [1.165, 1.54) is 0 Å². The van der Waals surface area contributed by atoms with Crippen LogP contribution >= 0.6 is 0 Å². The van der Waals surface area contributed by atoms with E-state index in [0.29, 0.717) is 0 Å². The van der Waals surface area contributed by atoms with E-state index in [0.717, 1.165) is 11.1 Å². The van der Waals surface area contributed by atoms with Crippen LogP contribution in [0.15, 0.2) is 24.3 Å². The summed E-state index contributed by atoms with van der Waals surface area (Å²) in [6, 6.07) is 7.34. The molecule has 0 fully saturated rings. The molecule has 16 heavy (non-hydrogen) atoms. The first-order valence-corrected chi connectivity index (χ1v) is 5.39. The van der Waals surface area contributed by atoms with Gasteiger partial charge in [-0.15, -0.1) is 0 Å². The van der Waals surface area contributed by atoms with Gasteiger partial charge in [0, 0.05) is 6.04 Å². The topological polar surface area (TPSA) is 63.3 Å². The average Bonchev–Trinajstić information content (AvgIpc) is 2.15. The summed E-state index contributed by atoms with van der Waals surface area (Å²) in [5.74, 6) is -0.865. The Morgan fingerprint density at radius 3 is 2.44 bits per heavy atom. The summed E-state index contributed by atoms with van der Waals surface area (Å²) in [5, 5.41) is 8.76. The molecular weight excluding hydrogens is 202 g/mol. The monoisotopic (exact) mass is 221 g/mol. The fourth-order valence-electron chi connectivity index (χ4n) is 1.80. The quantitative estimate of drug-likeness (QED) is 0.824. The molecule has 3 nitrogen and oxygen atoms in total. The molecule has 0 aliphatic heterocycles. The van der Waals surface area contributed by atoms with E-state index in [1.54, 1.807) is 0 Å². The molecule has 1 rings (SSSR count). The first kappa shape index (κ1) is 12.7. The molecule has 0 saturated carbocycles. The lowest BCUT2D eigenvalue weighted by Crippen LogP contribution is -2.21. The third kappa shape index (κ3) is 3.07. The highest BCUT2D eigenvalue weighted by Crippen LogP contribution is 2.29. The molecule has 3 N–H and O–H groups in total. The Kier molecular flexibility index (Phi) is 3.70. The van der Waals surface area contributed by atoms with Crippen molar-refractivity contribution in [2.45, 2.75) is 38.6 Å². The molecule has 0 saturated heterocycles. The van der Waals surface area contributed by atoms with Crippen LogP contribution in [-0.4, -0.2) is 11.1 Å². The first-order chi connectivity index (χ1) is 7.32. The first-order valence-electron chi connectivity index (χ1n) is 5.39. The lowest BCUT2D eigenvalue weighted by atomic mass is 9.81. The number of carboxylic acids is 1. The van der Waals surface area contributed by atoms with Crippen molar-refractivity contribution in [3.63, 3.8) is 0 Å². The number of carboxylic acid groups (broad SMARTS) is 1. The summed E-state index contributed by atoms with van der Waals surface area (Å²) in [4.78, 5) is 10.7. The maximum Gasteiger partial charge on any atom is 0.305 e. The fraction of sp³-hybridized carbons (Fsp3) is 0.462. The van der Waals surface area contributed by atoms with E-state index in [4.69, 9.17) is 10.8 Å². The predicted octanol–water partition coefficient (Wildman–Crippen LogP) is 2.46. The summed E-state index contributed by atoms with van der Waals surface area (Å²) < 4.78 is 0. The Morgan fingerprint density at radius 2 is 1.94 bits per heavy atom. The van der Waals surface area contributed by atoms with Gasteiger partial charge < -0.3 is 10.8 Å². The number of carbonyl (C=O) groups is 1. The van der Waals surface area contributed by atoms with E-state index in [2.05, 4.69) is 20.8 Å². The molecule has 1 atom stereocenters. The van der Waals surface area contributed by atoms with Crippen molar-refractivity contribution in [3.8, 4) is 0 Å². The van der Waals surface area contributed by atoms with Crippen LogP contribution in [0.1, 0.15) is 44.4 Å². The van der Waals surface area contributed by atoms with Gasteiger partial charge in [0.2, 0.25) is 0 Å². The number of nitrogens with two attached hydrogens (primary N) is 1. The van der Waals surface area contributed by atoms with Crippen LogP contribution in [0.4, 0.5) is 0 Å². The summed E-state index contributed by atoms with van der Waals surface area (Å²) in [5.41, 5.74) is 7.93.